The fourth-order valence-electron chi connectivity index (χ4n) is 3.34. The summed E-state index contributed by atoms with van der Waals surface area (Å²) in [6.07, 6.45) is 2.01. The van der Waals surface area contributed by atoms with Gasteiger partial charge in [-0.1, -0.05) is 59.8 Å². The molecule has 1 aliphatic heterocycles. The Balaban J connectivity index is 1.47. The summed E-state index contributed by atoms with van der Waals surface area (Å²) in [6, 6.07) is 21.0. The van der Waals surface area contributed by atoms with E-state index in [1.807, 2.05) is 48.5 Å². The molecule has 32 heavy (non-hydrogen) atoms. The highest BCUT2D eigenvalue weighted by Gasteiger charge is 2.29. The number of carbonyl (C=O) groups excluding carboxylic acids is 2. The van der Waals surface area contributed by atoms with Crippen molar-refractivity contribution in [3.8, 4) is 0 Å². The van der Waals surface area contributed by atoms with E-state index in [4.69, 9.17) is 11.6 Å². The highest BCUT2D eigenvalue weighted by molar-refractivity contribution is 8.04. The third kappa shape index (κ3) is 5.39. The first kappa shape index (κ1) is 22.1. The largest absolute Gasteiger partial charge is 0.352 e. The Labute approximate surface area is 195 Å². The number of rotatable bonds is 6. The number of fused-ring (bicyclic) bond motifs is 1. The van der Waals surface area contributed by atoms with E-state index in [0.29, 0.717) is 22.9 Å². The van der Waals surface area contributed by atoms with Gasteiger partial charge >= 0.3 is 0 Å². The van der Waals surface area contributed by atoms with Crippen LogP contribution in [0.1, 0.15) is 11.1 Å². The van der Waals surface area contributed by atoms with Crippen LogP contribution in [-0.4, -0.2) is 18.4 Å². The molecule has 0 atom stereocenters. The minimum Gasteiger partial charge on any atom is -0.352 e. The number of hydrogen-bond donors (Lipinski definition) is 1. The van der Waals surface area contributed by atoms with Crippen LogP contribution in [0.15, 0.2) is 88.7 Å². The molecule has 0 radical (unpaired) electrons. The molecule has 4 rings (SSSR count). The number of halogens is 2. The number of carbonyl (C=O) groups is 2. The van der Waals surface area contributed by atoms with E-state index in [1.165, 1.54) is 30.0 Å². The smallest absolute Gasteiger partial charge is 0.265 e. The van der Waals surface area contributed by atoms with E-state index < -0.39 is 0 Å². The van der Waals surface area contributed by atoms with Crippen LogP contribution < -0.4 is 10.2 Å². The molecule has 162 valence electrons. The molecule has 1 N–H and O–H groups in total. The Morgan fingerprint density at radius 3 is 2.44 bits per heavy atom. The van der Waals surface area contributed by atoms with Gasteiger partial charge in [-0.05, 0) is 53.9 Å². The maximum absolute atomic E-state index is 13.3. The normalized spacial score (nSPS) is 14.4. The second-order valence-electron chi connectivity index (χ2n) is 7.26. The number of anilines is 1. The first-order chi connectivity index (χ1) is 15.5. The van der Waals surface area contributed by atoms with Crippen LogP contribution in [0.25, 0.3) is 0 Å². The van der Waals surface area contributed by atoms with Crippen LogP contribution >= 0.6 is 23.4 Å². The highest BCUT2D eigenvalue weighted by atomic mass is 35.5. The quantitative estimate of drug-likeness (QED) is 0.497. The van der Waals surface area contributed by atoms with E-state index in [0.717, 1.165) is 21.7 Å². The number of hydrogen-bond acceptors (Lipinski definition) is 3. The van der Waals surface area contributed by atoms with Gasteiger partial charge in [0.05, 0.1) is 17.1 Å². The van der Waals surface area contributed by atoms with Crippen LogP contribution in [0.2, 0.25) is 5.02 Å². The van der Waals surface area contributed by atoms with Crippen molar-refractivity contribution in [1.82, 2.24) is 5.32 Å². The SMILES string of the molecule is O=C(C=C1Sc2ccccc2N(Cc2ccc(F)cc2)C1=O)NCCc1ccc(Cl)cc1. The van der Waals surface area contributed by atoms with Crippen molar-refractivity contribution in [3.05, 3.63) is 106 Å². The van der Waals surface area contributed by atoms with E-state index in [1.54, 1.807) is 17.0 Å². The molecule has 1 heterocycles. The fraction of sp³-hybridized carbons (Fsp3) is 0.120. The summed E-state index contributed by atoms with van der Waals surface area (Å²) < 4.78 is 13.3. The molecule has 0 saturated carbocycles. The average Bonchev–Trinajstić information content (AvgIpc) is 2.79. The summed E-state index contributed by atoms with van der Waals surface area (Å²) in [5.41, 5.74) is 2.63. The summed E-state index contributed by atoms with van der Waals surface area (Å²) in [4.78, 5) is 28.5. The van der Waals surface area contributed by atoms with Crippen LogP contribution in [-0.2, 0) is 22.6 Å². The van der Waals surface area contributed by atoms with Crippen LogP contribution in [0, 0.1) is 5.82 Å². The molecule has 0 aliphatic carbocycles. The monoisotopic (exact) mass is 466 g/mol. The molecule has 0 spiro atoms. The Morgan fingerprint density at radius 2 is 1.69 bits per heavy atom. The zero-order chi connectivity index (χ0) is 22.5. The lowest BCUT2D eigenvalue weighted by atomic mass is 10.1. The van der Waals surface area contributed by atoms with Gasteiger partial charge in [-0.25, -0.2) is 4.39 Å². The van der Waals surface area contributed by atoms with Gasteiger partial charge < -0.3 is 10.2 Å². The molecule has 0 aromatic heterocycles. The van der Waals surface area contributed by atoms with Crippen molar-refractivity contribution < 1.29 is 14.0 Å². The minimum atomic E-state index is -0.328. The number of thioether (sulfide) groups is 1. The maximum Gasteiger partial charge on any atom is 0.265 e. The third-order valence-corrected chi connectivity index (χ3v) is 6.30. The zero-order valence-corrected chi connectivity index (χ0v) is 18.6. The first-order valence-corrected chi connectivity index (χ1v) is 11.3. The molecule has 0 saturated heterocycles. The number of nitrogens with zero attached hydrogens (tertiary/aromatic N) is 1. The molecule has 0 bridgehead atoms. The minimum absolute atomic E-state index is 0.258. The van der Waals surface area contributed by atoms with Gasteiger partial charge in [-0.15, -0.1) is 0 Å². The summed E-state index contributed by atoms with van der Waals surface area (Å²) >= 11 is 7.17. The molecule has 3 aromatic rings. The van der Waals surface area contributed by atoms with Gasteiger partial charge in [0.2, 0.25) is 5.91 Å². The van der Waals surface area contributed by atoms with Crippen molar-refractivity contribution in [2.45, 2.75) is 17.9 Å². The van der Waals surface area contributed by atoms with Gasteiger partial charge in [0.15, 0.2) is 0 Å². The van der Waals surface area contributed by atoms with Crippen LogP contribution in [0.5, 0.6) is 0 Å². The number of benzene rings is 3. The summed E-state index contributed by atoms with van der Waals surface area (Å²) in [5, 5.41) is 3.50. The molecule has 0 unspecified atom stereocenters. The van der Waals surface area contributed by atoms with E-state index in [-0.39, 0.29) is 24.2 Å². The standard InChI is InChI=1S/C25H20ClFN2O2S/c26-19-9-5-17(6-10-19)13-14-28-24(30)15-23-25(31)29(16-18-7-11-20(27)12-8-18)21-3-1-2-4-22(21)32-23/h1-12,15H,13-14,16H2,(H,28,30). The lowest BCUT2D eigenvalue weighted by Gasteiger charge is -2.30. The molecular formula is C25H20ClFN2O2S. The first-order valence-electron chi connectivity index (χ1n) is 10.1. The molecule has 3 aromatic carbocycles. The van der Waals surface area contributed by atoms with Gasteiger partial charge in [0.25, 0.3) is 5.91 Å². The molecule has 7 heteroatoms. The summed E-state index contributed by atoms with van der Waals surface area (Å²) in [6.45, 7) is 0.727. The van der Waals surface area contributed by atoms with Crippen molar-refractivity contribution in [3.63, 3.8) is 0 Å². The number of para-hydroxylation sites is 1. The van der Waals surface area contributed by atoms with Gasteiger partial charge in [-0.3, -0.25) is 9.59 Å². The van der Waals surface area contributed by atoms with Crippen molar-refractivity contribution in [2.24, 2.45) is 0 Å². The average molecular weight is 467 g/mol. The Morgan fingerprint density at radius 1 is 1.00 bits per heavy atom. The van der Waals surface area contributed by atoms with Crippen molar-refractivity contribution in [2.75, 3.05) is 11.4 Å². The fourth-order valence-corrected chi connectivity index (χ4v) is 4.50. The second-order valence-corrected chi connectivity index (χ2v) is 8.78. The topological polar surface area (TPSA) is 49.4 Å². The highest BCUT2D eigenvalue weighted by Crippen LogP contribution is 2.41. The van der Waals surface area contributed by atoms with E-state index >= 15 is 0 Å². The molecule has 0 fully saturated rings. The van der Waals surface area contributed by atoms with Crippen molar-refractivity contribution >= 4 is 40.9 Å². The number of amides is 2. The molecular weight excluding hydrogens is 447 g/mol. The Hall–Kier alpha value is -3.09. The molecule has 1 aliphatic rings. The molecule has 4 nitrogen and oxygen atoms in total. The lowest BCUT2D eigenvalue weighted by Crippen LogP contribution is -2.34. The maximum atomic E-state index is 13.3. The van der Waals surface area contributed by atoms with E-state index in [2.05, 4.69) is 5.32 Å². The summed E-state index contributed by atoms with van der Waals surface area (Å²) in [5.74, 6) is -0.910. The van der Waals surface area contributed by atoms with Gasteiger partial charge in [0, 0.05) is 22.5 Å². The molecule has 2 amide bonds. The van der Waals surface area contributed by atoms with Crippen LogP contribution in [0.3, 0.4) is 0 Å². The number of nitrogens with one attached hydrogen (secondary N) is 1. The Bertz CT molecular complexity index is 1160. The predicted octanol–water partition coefficient (Wildman–Crippen LogP) is 5.36. The van der Waals surface area contributed by atoms with Crippen LogP contribution in [0.4, 0.5) is 10.1 Å². The van der Waals surface area contributed by atoms with Crippen molar-refractivity contribution in [1.29, 1.82) is 0 Å². The third-order valence-electron chi connectivity index (χ3n) is 4.97. The van der Waals surface area contributed by atoms with Gasteiger partial charge in [0.1, 0.15) is 5.82 Å². The lowest BCUT2D eigenvalue weighted by molar-refractivity contribution is -0.118. The second kappa shape index (κ2) is 10.0. The van der Waals surface area contributed by atoms with E-state index in [9.17, 15) is 14.0 Å². The Kier molecular flexibility index (Phi) is 6.93. The predicted molar refractivity (Wildman–Crippen MR) is 126 cm³/mol. The van der Waals surface area contributed by atoms with Gasteiger partial charge in [-0.2, -0.15) is 0 Å². The summed E-state index contributed by atoms with van der Waals surface area (Å²) in [7, 11) is 0. The zero-order valence-electron chi connectivity index (χ0n) is 17.1.